The van der Waals surface area contributed by atoms with Crippen LogP contribution in [0.25, 0.3) is 0 Å². The summed E-state index contributed by atoms with van der Waals surface area (Å²) >= 11 is 0. The Morgan fingerprint density at radius 1 is 0.828 bits per heavy atom. The molecular weight excluding hydrogens is 379 g/mol. The van der Waals surface area contributed by atoms with Crippen molar-refractivity contribution >= 4 is 29.1 Å². The quantitative estimate of drug-likeness (QED) is 0.396. The zero-order valence-corrected chi connectivity index (χ0v) is 17.1. The molecule has 0 fully saturated rings. The van der Waals surface area contributed by atoms with Gasteiger partial charge in [0, 0.05) is 0 Å². The molecule has 1 N–H and O–H groups in total. The maximum Gasteiger partial charge on any atom is 0.358 e. The van der Waals surface area contributed by atoms with Crippen LogP contribution in [-0.4, -0.2) is 23.3 Å². The van der Waals surface area contributed by atoms with Gasteiger partial charge >= 0.3 is 5.97 Å². The minimum atomic E-state index is -2.02. The molecule has 0 aliphatic heterocycles. The molecule has 5 heteroatoms. The van der Waals surface area contributed by atoms with Gasteiger partial charge in [-0.1, -0.05) is 54.6 Å². The van der Waals surface area contributed by atoms with Crippen LogP contribution in [0.2, 0.25) is 0 Å². The molecule has 0 bridgehead atoms. The highest BCUT2D eigenvalue weighted by atomic mass is 31.2. The van der Waals surface area contributed by atoms with Crippen molar-refractivity contribution in [3.8, 4) is 0 Å². The largest absolute Gasteiger partial charge is 0.464 e. The van der Waals surface area contributed by atoms with E-state index in [0.29, 0.717) is 5.69 Å². The van der Waals surface area contributed by atoms with Crippen LogP contribution >= 0.6 is 7.26 Å². The second kappa shape index (κ2) is 8.42. The molecule has 0 amide bonds. The van der Waals surface area contributed by atoms with Crippen LogP contribution in [0.4, 0.5) is 0 Å². The van der Waals surface area contributed by atoms with Gasteiger partial charge in [-0.2, -0.15) is 5.10 Å². The normalized spacial score (nSPS) is 11.2. The van der Waals surface area contributed by atoms with Crippen molar-refractivity contribution in [1.82, 2.24) is 10.2 Å². The van der Waals surface area contributed by atoms with Gasteiger partial charge in [-0.3, -0.25) is 5.10 Å². The van der Waals surface area contributed by atoms with E-state index in [0.717, 1.165) is 11.9 Å². The standard InChI is InChI=1S/C24H21N2O2P/c1-28-24(27)23-17-19(25-26-23)18-29(20-11-5-2-6-12-20,21-13-7-3-8-14-21)22-15-9-4-10-16-22/h2-17H,18H2,1H3/p+1. The van der Waals surface area contributed by atoms with Crippen molar-refractivity contribution in [3.05, 3.63) is 108 Å². The Bertz CT molecular complexity index is 983. The summed E-state index contributed by atoms with van der Waals surface area (Å²) in [6, 6.07) is 33.6. The number of carbonyl (C=O) groups excluding carboxylic acids is 1. The Labute approximate surface area is 170 Å². The number of aromatic nitrogens is 2. The number of methoxy groups -OCH3 is 1. The molecule has 1 aromatic heterocycles. The molecule has 0 aliphatic carbocycles. The molecule has 0 saturated carbocycles. The maximum atomic E-state index is 11.9. The van der Waals surface area contributed by atoms with Crippen LogP contribution < -0.4 is 15.9 Å². The van der Waals surface area contributed by atoms with E-state index in [1.54, 1.807) is 6.07 Å². The molecule has 0 aliphatic rings. The smallest absolute Gasteiger partial charge is 0.358 e. The molecule has 0 spiro atoms. The topological polar surface area (TPSA) is 55.0 Å². The summed E-state index contributed by atoms with van der Waals surface area (Å²) < 4.78 is 4.82. The monoisotopic (exact) mass is 401 g/mol. The van der Waals surface area contributed by atoms with E-state index in [1.807, 2.05) is 18.2 Å². The number of rotatable bonds is 6. The zero-order chi connectivity index (χ0) is 20.1. The van der Waals surface area contributed by atoms with E-state index in [1.165, 1.54) is 23.0 Å². The van der Waals surface area contributed by atoms with Crippen LogP contribution in [0.3, 0.4) is 0 Å². The van der Waals surface area contributed by atoms with Gasteiger partial charge in [-0.05, 0) is 42.5 Å². The van der Waals surface area contributed by atoms with E-state index in [9.17, 15) is 4.79 Å². The summed E-state index contributed by atoms with van der Waals surface area (Å²) in [6.45, 7) is 0. The molecule has 1 heterocycles. The summed E-state index contributed by atoms with van der Waals surface area (Å²) in [5.74, 6) is -0.435. The van der Waals surface area contributed by atoms with E-state index in [-0.39, 0.29) is 0 Å². The Kier molecular flexibility index (Phi) is 5.55. The van der Waals surface area contributed by atoms with Crippen LogP contribution in [0, 0.1) is 0 Å². The lowest BCUT2D eigenvalue weighted by atomic mass is 10.3. The van der Waals surface area contributed by atoms with Crippen molar-refractivity contribution in [3.63, 3.8) is 0 Å². The first-order chi connectivity index (χ1) is 14.2. The summed E-state index contributed by atoms with van der Waals surface area (Å²) in [5, 5.41) is 11.1. The van der Waals surface area contributed by atoms with Gasteiger partial charge < -0.3 is 4.74 Å². The number of benzene rings is 3. The fourth-order valence-corrected chi connectivity index (χ4v) is 7.83. The minimum Gasteiger partial charge on any atom is -0.464 e. The zero-order valence-electron chi connectivity index (χ0n) is 16.2. The van der Waals surface area contributed by atoms with Gasteiger partial charge in [0.2, 0.25) is 0 Å². The fourth-order valence-electron chi connectivity index (χ4n) is 3.68. The number of H-pyrrole nitrogens is 1. The predicted octanol–water partition coefficient (Wildman–Crippen LogP) is 3.69. The first-order valence-electron chi connectivity index (χ1n) is 9.41. The average molecular weight is 401 g/mol. The van der Waals surface area contributed by atoms with E-state index in [4.69, 9.17) is 4.74 Å². The SMILES string of the molecule is COC(=O)c1cc(C[P+](c2ccccc2)(c2ccccc2)c2ccccc2)[nH]n1. The fraction of sp³-hybridized carbons (Fsp3) is 0.0833. The highest BCUT2D eigenvalue weighted by Crippen LogP contribution is 2.57. The Balaban J connectivity index is 1.93. The van der Waals surface area contributed by atoms with Gasteiger partial charge in [0.25, 0.3) is 0 Å². The highest BCUT2D eigenvalue weighted by molar-refractivity contribution is 7.95. The Morgan fingerprint density at radius 2 is 1.28 bits per heavy atom. The third-order valence-electron chi connectivity index (χ3n) is 5.02. The summed E-state index contributed by atoms with van der Waals surface area (Å²) in [7, 11) is -0.657. The van der Waals surface area contributed by atoms with Gasteiger partial charge in [-0.25, -0.2) is 4.79 Å². The second-order valence-electron chi connectivity index (χ2n) is 6.74. The molecule has 0 saturated heterocycles. The number of ether oxygens (including phenoxy) is 1. The van der Waals surface area contributed by atoms with Crippen molar-refractivity contribution in [2.24, 2.45) is 0 Å². The summed E-state index contributed by atoms with van der Waals surface area (Å²) in [4.78, 5) is 11.9. The Hall–Kier alpha value is -3.23. The summed E-state index contributed by atoms with van der Waals surface area (Å²) in [6.07, 6.45) is 0.731. The molecule has 0 radical (unpaired) electrons. The third-order valence-corrected chi connectivity index (χ3v) is 9.38. The predicted molar refractivity (Wildman–Crippen MR) is 119 cm³/mol. The number of nitrogens with zero attached hydrogens (tertiary/aromatic N) is 1. The van der Waals surface area contributed by atoms with E-state index >= 15 is 0 Å². The number of carbonyl (C=O) groups is 1. The van der Waals surface area contributed by atoms with Crippen LogP contribution in [-0.2, 0) is 10.9 Å². The minimum absolute atomic E-state index is 0.301. The number of aromatic amines is 1. The number of hydrogen-bond donors (Lipinski definition) is 1. The average Bonchev–Trinajstić information content (AvgIpc) is 3.27. The molecule has 29 heavy (non-hydrogen) atoms. The molecule has 144 valence electrons. The number of hydrogen-bond acceptors (Lipinski definition) is 3. The molecule has 0 unspecified atom stereocenters. The molecule has 4 rings (SSSR count). The third kappa shape index (κ3) is 3.72. The Morgan fingerprint density at radius 3 is 1.69 bits per heavy atom. The van der Waals surface area contributed by atoms with Crippen molar-refractivity contribution in [1.29, 1.82) is 0 Å². The number of esters is 1. The van der Waals surface area contributed by atoms with Gasteiger partial charge in [0.15, 0.2) is 5.69 Å². The van der Waals surface area contributed by atoms with Crippen molar-refractivity contribution in [2.45, 2.75) is 6.16 Å². The lowest BCUT2D eigenvalue weighted by molar-refractivity contribution is 0.0594. The lowest BCUT2D eigenvalue weighted by Crippen LogP contribution is -2.32. The molecule has 3 aromatic carbocycles. The molecule has 4 aromatic rings. The van der Waals surface area contributed by atoms with Crippen LogP contribution in [0.1, 0.15) is 16.2 Å². The lowest BCUT2D eigenvalue weighted by Gasteiger charge is -2.27. The van der Waals surface area contributed by atoms with E-state index in [2.05, 4.69) is 83.0 Å². The number of nitrogens with one attached hydrogen (secondary N) is 1. The first kappa shape index (κ1) is 19.1. The van der Waals surface area contributed by atoms with Gasteiger partial charge in [-0.15, -0.1) is 0 Å². The highest BCUT2D eigenvalue weighted by Gasteiger charge is 2.45. The first-order valence-corrected chi connectivity index (χ1v) is 11.4. The van der Waals surface area contributed by atoms with Crippen molar-refractivity contribution in [2.75, 3.05) is 7.11 Å². The molecular formula is C24H22N2O2P+. The maximum absolute atomic E-state index is 11.9. The summed E-state index contributed by atoms with van der Waals surface area (Å²) in [5.41, 5.74) is 1.21. The second-order valence-corrected chi connectivity index (χ2v) is 10.2. The van der Waals surface area contributed by atoms with Crippen LogP contribution in [0.5, 0.6) is 0 Å². The molecule has 0 atom stereocenters. The van der Waals surface area contributed by atoms with E-state index < -0.39 is 13.2 Å². The van der Waals surface area contributed by atoms with Crippen molar-refractivity contribution < 1.29 is 9.53 Å². The van der Waals surface area contributed by atoms with Gasteiger partial charge in [0.1, 0.15) is 29.3 Å². The van der Waals surface area contributed by atoms with Gasteiger partial charge in [0.05, 0.1) is 12.8 Å². The van der Waals surface area contributed by atoms with Crippen LogP contribution in [0.15, 0.2) is 97.1 Å². The molecule has 4 nitrogen and oxygen atoms in total.